The van der Waals surface area contributed by atoms with E-state index in [1.165, 1.54) is 0 Å². The lowest BCUT2D eigenvalue weighted by Gasteiger charge is -1.90. The van der Waals surface area contributed by atoms with Crippen molar-refractivity contribution in [1.29, 1.82) is 0 Å². The second-order valence-electron chi connectivity index (χ2n) is 2.67. The Labute approximate surface area is 68.6 Å². The Morgan fingerprint density at radius 3 is 3.17 bits per heavy atom. The summed E-state index contributed by atoms with van der Waals surface area (Å²) in [7, 11) is 0. The zero-order valence-corrected chi connectivity index (χ0v) is 6.53. The van der Waals surface area contributed by atoms with Crippen LogP contribution in [0.3, 0.4) is 0 Å². The molecule has 2 rings (SSSR count). The molecule has 0 radical (unpaired) electrons. The smallest absolute Gasteiger partial charge is 0.139 e. The van der Waals surface area contributed by atoms with Gasteiger partial charge in [-0.1, -0.05) is 0 Å². The highest BCUT2D eigenvalue weighted by molar-refractivity contribution is 5.88. The van der Waals surface area contributed by atoms with Gasteiger partial charge in [0.2, 0.25) is 0 Å². The van der Waals surface area contributed by atoms with E-state index in [2.05, 4.69) is 15.1 Å². The van der Waals surface area contributed by atoms with Crippen LogP contribution < -0.4 is 0 Å². The molecule has 0 atom stereocenters. The fourth-order valence-electron chi connectivity index (χ4n) is 1.17. The van der Waals surface area contributed by atoms with Crippen LogP contribution in [0.5, 0.6) is 0 Å². The van der Waals surface area contributed by atoms with Crippen molar-refractivity contribution in [3.8, 4) is 0 Å². The maximum atomic E-state index is 10.3. The molecule has 0 aliphatic heterocycles. The lowest BCUT2D eigenvalue weighted by atomic mass is 10.2. The van der Waals surface area contributed by atoms with Gasteiger partial charge >= 0.3 is 0 Å². The van der Waals surface area contributed by atoms with E-state index in [0.717, 1.165) is 10.9 Å². The molecule has 0 amide bonds. The Morgan fingerprint density at radius 1 is 1.58 bits per heavy atom. The minimum absolute atomic E-state index is 0.418. The first-order chi connectivity index (χ1) is 5.81. The highest BCUT2D eigenvalue weighted by Crippen LogP contribution is 2.24. The van der Waals surface area contributed by atoms with E-state index < -0.39 is 0 Å². The second kappa shape index (κ2) is 2.41. The van der Waals surface area contributed by atoms with Crippen LogP contribution in [-0.4, -0.2) is 9.97 Å². The van der Waals surface area contributed by atoms with Gasteiger partial charge in [0.15, 0.2) is 0 Å². The number of aromatic amines is 1. The molecule has 4 nitrogen and oxygen atoms in total. The van der Waals surface area contributed by atoms with Crippen molar-refractivity contribution in [2.45, 2.75) is 6.92 Å². The molecule has 2 aromatic rings. The van der Waals surface area contributed by atoms with Gasteiger partial charge in [0, 0.05) is 17.8 Å². The number of hydrogen-bond acceptors (Lipinski definition) is 3. The number of nitrogens with zero attached hydrogens (tertiary/aromatic N) is 2. The Bertz CT molecular complexity index is 433. The summed E-state index contributed by atoms with van der Waals surface area (Å²) in [6.07, 6.45) is 3.30. The lowest BCUT2D eigenvalue weighted by molar-refractivity contribution is 1.29. The lowest BCUT2D eigenvalue weighted by Crippen LogP contribution is -1.77. The number of aromatic nitrogens is 2. The van der Waals surface area contributed by atoms with Crippen molar-refractivity contribution in [1.82, 2.24) is 9.97 Å². The van der Waals surface area contributed by atoms with Crippen LogP contribution in [0.4, 0.5) is 5.69 Å². The predicted octanol–water partition coefficient (Wildman–Crippen LogP) is 2.27. The SMILES string of the molecule is Cc1cnc2[nH]cc(N=O)c2c1. The van der Waals surface area contributed by atoms with Gasteiger partial charge in [-0.05, 0) is 23.7 Å². The first-order valence-corrected chi connectivity index (χ1v) is 3.58. The van der Waals surface area contributed by atoms with Gasteiger partial charge in [0.25, 0.3) is 0 Å². The zero-order chi connectivity index (χ0) is 8.55. The zero-order valence-electron chi connectivity index (χ0n) is 6.53. The largest absolute Gasteiger partial charge is 0.344 e. The third-order valence-corrected chi connectivity index (χ3v) is 1.74. The maximum absolute atomic E-state index is 10.3. The van der Waals surface area contributed by atoms with Crippen molar-refractivity contribution in [2.75, 3.05) is 0 Å². The summed E-state index contributed by atoms with van der Waals surface area (Å²) in [5, 5.41) is 3.66. The Morgan fingerprint density at radius 2 is 2.42 bits per heavy atom. The van der Waals surface area contributed by atoms with Crippen molar-refractivity contribution in [3.63, 3.8) is 0 Å². The molecule has 60 valence electrons. The van der Waals surface area contributed by atoms with Gasteiger partial charge in [-0.2, -0.15) is 0 Å². The van der Waals surface area contributed by atoms with E-state index >= 15 is 0 Å². The van der Waals surface area contributed by atoms with Crippen LogP contribution in [-0.2, 0) is 0 Å². The van der Waals surface area contributed by atoms with Crippen LogP contribution >= 0.6 is 0 Å². The van der Waals surface area contributed by atoms with Gasteiger partial charge in [0.1, 0.15) is 11.3 Å². The summed E-state index contributed by atoms with van der Waals surface area (Å²) in [5.74, 6) is 0. The van der Waals surface area contributed by atoms with Gasteiger partial charge in [0.05, 0.1) is 0 Å². The van der Waals surface area contributed by atoms with Crippen molar-refractivity contribution in [2.24, 2.45) is 5.18 Å². The first kappa shape index (κ1) is 6.97. The van der Waals surface area contributed by atoms with E-state index in [9.17, 15) is 4.91 Å². The Kier molecular flexibility index (Phi) is 1.40. The summed E-state index contributed by atoms with van der Waals surface area (Å²) in [6.45, 7) is 1.92. The summed E-state index contributed by atoms with van der Waals surface area (Å²) in [5.41, 5.74) is 2.14. The van der Waals surface area contributed by atoms with Gasteiger partial charge in [-0.25, -0.2) is 4.98 Å². The minimum atomic E-state index is 0.418. The minimum Gasteiger partial charge on any atom is -0.344 e. The monoisotopic (exact) mass is 161 g/mol. The van der Waals surface area contributed by atoms with E-state index in [0.29, 0.717) is 11.3 Å². The topological polar surface area (TPSA) is 58.1 Å². The third kappa shape index (κ3) is 0.887. The van der Waals surface area contributed by atoms with Crippen molar-refractivity contribution >= 4 is 16.7 Å². The maximum Gasteiger partial charge on any atom is 0.139 e. The molecule has 0 spiro atoms. The summed E-state index contributed by atoms with van der Waals surface area (Å²) in [6, 6.07) is 1.88. The average molecular weight is 161 g/mol. The highest BCUT2D eigenvalue weighted by Gasteiger charge is 2.03. The molecule has 0 aliphatic carbocycles. The van der Waals surface area contributed by atoms with Gasteiger partial charge in [-0.15, -0.1) is 4.91 Å². The third-order valence-electron chi connectivity index (χ3n) is 1.74. The Hall–Kier alpha value is -1.71. The van der Waals surface area contributed by atoms with Crippen LogP contribution in [0.1, 0.15) is 5.56 Å². The fraction of sp³-hybridized carbons (Fsp3) is 0.125. The number of nitrogens with one attached hydrogen (secondary N) is 1. The average Bonchev–Trinajstić information content (AvgIpc) is 2.46. The number of fused-ring (bicyclic) bond motifs is 1. The normalized spacial score (nSPS) is 10.4. The number of pyridine rings is 1. The molecule has 0 fully saturated rings. The van der Waals surface area contributed by atoms with E-state index in [1.807, 2.05) is 13.0 Å². The van der Waals surface area contributed by atoms with Crippen molar-refractivity contribution < 1.29 is 0 Å². The van der Waals surface area contributed by atoms with Crippen LogP contribution in [0.25, 0.3) is 11.0 Å². The van der Waals surface area contributed by atoms with Crippen molar-refractivity contribution in [3.05, 3.63) is 28.9 Å². The number of hydrogen-bond donors (Lipinski definition) is 1. The number of aryl methyl sites for hydroxylation is 1. The molecule has 1 N–H and O–H groups in total. The quantitative estimate of drug-likeness (QED) is 0.652. The summed E-state index contributed by atoms with van der Waals surface area (Å²) < 4.78 is 0. The summed E-state index contributed by atoms with van der Waals surface area (Å²) in [4.78, 5) is 17.3. The van der Waals surface area contributed by atoms with E-state index in [-0.39, 0.29) is 0 Å². The highest BCUT2D eigenvalue weighted by atomic mass is 16.3. The molecule has 0 aliphatic rings. The molecule has 12 heavy (non-hydrogen) atoms. The molecule has 0 saturated carbocycles. The molecule has 0 bridgehead atoms. The number of rotatable bonds is 1. The second-order valence-corrected chi connectivity index (χ2v) is 2.67. The molecule has 0 unspecified atom stereocenters. The van der Waals surface area contributed by atoms with Crippen LogP contribution in [0.2, 0.25) is 0 Å². The molecular formula is C8H7N3O. The molecule has 4 heteroatoms. The number of H-pyrrole nitrogens is 1. The van der Waals surface area contributed by atoms with Crippen LogP contribution in [0.15, 0.2) is 23.6 Å². The standard InChI is InChI=1S/C8H7N3O/c1-5-2-6-7(11-12)4-10-8(6)9-3-5/h2-4H,1H3,(H,9,10). The van der Waals surface area contributed by atoms with E-state index in [4.69, 9.17) is 0 Å². The molecule has 2 aromatic heterocycles. The molecule has 0 saturated heterocycles. The van der Waals surface area contributed by atoms with Crippen LogP contribution in [0, 0.1) is 11.8 Å². The summed E-state index contributed by atoms with van der Waals surface area (Å²) >= 11 is 0. The predicted molar refractivity (Wildman–Crippen MR) is 46.3 cm³/mol. The molecule has 2 heterocycles. The number of nitroso groups, excluding NO2 is 1. The Balaban J connectivity index is 2.83. The van der Waals surface area contributed by atoms with Gasteiger partial charge in [-0.3, -0.25) is 0 Å². The molecular weight excluding hydrogens is 154 g/mol. The first-order valence-electron chi connectivity index (χ1n) is 3.58. The fourth-order valence-corrected chi connectivity index (χ4v) is 1.17. The van der Waals surface area contributed by atoms with Gasteiger partial charge < -0.3 is 4.98 Å². The van der Waals surface area contributed by atoms with E-state index in [1.54, 1.807) is 12.4 Å². The molecule has 0 aromatic carbocycles.